The van der Waals surface area contributed by atoms with E-state index in [1.165, 1.54) is 0 Å². The summed E-state index contributed by atoms with van der Waals surface area (Å²) in [6.45, 7) is 0.451. The molecule has 0 saturated carbocycles. The number of hydrogen-bond acceptors (Lipinski definition) is 4. The van der Waals surface area contributed by atoms with Gasteiger partial charge in [-0.25, -0.2) is 0 Å². The van der Waals surface area contributed by atoms with Crippen molar-refractivity contribution in [1.29, 1.82) is 0 Å². The van der Waals surface area contributed by atoms with Crippen molar-refractivity contribution in [2.45, 2.75) is 6.54 Å². The van der Waals surface area contributed by atoms with Gasteiger partial charge in [0.25, 0.3) is 5.91 Å². The Labute approximate surface area is 145 Å². The Morgan fingerprint density at radius 3 is 2.36 bits per heavy atom. The number of H-pyrrole nitrogens is 1. The van der Waals surface area contributed by atoms with Crippen LogP contribution in [0.1, 0.15) is 16.1 Å². The average Bonchev–Trinajstić information content (AvgIpc) is 3.10. The normalized spacial score (nSPS) is 10.5. The van der Waals surface area contributed by atoms with E-state index in [2.05, 4.69) is 10.3 Å². The Morgan fingerprint density at radius 2 is 1.72 bits per heavy atom. The molecule has 0 aliphatic carbocycles. The van der Waals surface area contributed by atoms with Gasteiger partial charge in [-0.3, -0.25) is 4.79 Å². The fourth-order valence-electron chi connectivity index (χ4n) is 2.73. The van der Waals surface area contributed by atoms with E-state index >= 15 is 0 Å². The quantitative estimate of drug-likeness (QED) is 0.723. The minimum absolute atomic E-state index is 0.205. The Bertz CT molecular complexity index is 887. The van der Waals surface area contributed by atoms with Crippen LogP contribution in [-0.2, 0) is 6.54 Å². The van der Waals surface area contributed by atoms with Crippen molar-refractivity contribution in [2.75, 3.05) is 21.3 Å². The number of hydrogen-bond donors (Lipinski definition) is 2. The SMILES string of the molecule is COc1cc(OC)c2cc(C(=O)NCc3ccccc3)[nH]c2c1OC. The second kappa shape index (κ2) is 7.17. The lowest BCUT2D eigenvalue weighted by atomic mass is 10.2. The van der Waals surface area contributed by atoms with E-state index in [0.717, 1.165) is 10.9 Å². The highest BCUT2D eigenvalue weighted by Crippen LogP contribution is 2.41. The molecule has 2 aromatic carbocycles. The molecule has 0 aliphatic heterocycles. The van der Waals surface area contributed by atoms with E-state index < -0.39 is 0 Å². The number of rotatable bonds is 6. The fraction of sp³-hybridized carbons (Fsp3) is 0.211. The summed E-state index contributed by atoms with van der Waals surface area (Å²) in [6, 6.07) is 13.2. The summed E-state index contributed by atoms with van der Waals surface area (Å²) in [6.07, 6.45) is 0. The molecule has 0 unspecified atom stereocenters. The number of fused-ring (bicyclic) bond motifs is 1. The molecule has 1 amide bonds. The van der Waals surface area contributed by atoms with Crippen LogP contribution in [0.2, 0.25) is 0 Å². The first-order chi connectivity index (χ1) is 12.2. The molecule has 0 fully saturated rings. The van der Waals surface area contributed by atoms with Gasteiger partial charge in [0.1, 0.15) is 11.4 Å². The van der Waals surface area contributed by atoms with Crippen LogP contribution in [0.4, 0.5) is 0 Å². The van der Waals surface area contributed by atoms with Gasteiger partial charge in [-0.1, -0.05) is 30.3 Å². The van der Waals surface area contributed by atoms with Crippen LogP contribution < -0.4 is 19.5 Å². The van der Waals surface area contributed by atoms with Crippen molar-refractivity contribution in [2.24, 2.45) is 0 Å². The Balaban J connectivity index is 1.93. The van der Waals surface area contributed by atoms with E-state index in [9.17, 15) is 4.79 Å². The minimum Gasteiger partial charge on any atom is -0.496 e. The van der Waals surface area contributed by atoms with E-state index in [1.807, 2.05) is 30.3 Å². The van der Waals surface area contributed by atoms with E-state index in [0.29, 0.717) is 35.0 Å². The third kappa shape index (κ3) is 3.24. The molecule has 6 nitrogen and oxygen atoms in total. The van der Waals surface area contributed by atoms with Crippen molar-refractivity contribution in [3.63, 3.8) is 0 Å². The van der Waals surface area contributed by atoms with Crippen LogP contribution in [0.25, 0.3) is 10.9 Å². The van der Waals surface area contributed by atoms with E-state index in [4.69, 9.17) is 14.2 Å². The van der Waals surface area contributed by atoms with Gasteiger partial charge < -0.3 is 24.5 Å². The van der Waals surface area contributed by atoms with Crippen LogP contribution in [-0.4, -0.2) is 32.2 Å². The highest BCUT2D eigenvalue weighted by atomic mass is 16.5. The summed E-state index contributed by atoms with van der Waals surface area (Å²) in [5.41, 5.74) is 2.11. The lowest BCUT2D eigenvalue weighted by Crippen LogP contribution is -2.22. The van der Waals surface area contributed by atoms with Crippen molar-refractivity contribution >= 4 is 16.8 Å². The van der Waals surface area contributed by atoms with Crippen molar-refractivity contribution in [3.8, 4) is 17.2 Å². The molecule has 1 aromatic heterocycles. The number of carbonyl (C=O) groups excluding carboxylic acids is 1. The predicted octanol–water partition coefficient (Wildman–Crippen LogP) is 3.12. The third-order valence-electron chi connectivity index (χ3n) is 3.98. The molecule has 6 heteroatoms. The molecule has 0 saturated heterocycles. The summed E-state index contributed by atoms with van der Waals surface area (Å²) >= 11 is 0. The summed E-state index contributed by atoms with van der Waals surface area (Å²) in [7, 11) is 4.68. The Morgan fingerprint density at radius 1 is 1.00 bits per heavy atom. The summed E-state index contributed by atoms with van der Waals surface area (Å²) in [4.78, 5) is 15.6. The monoisotopic (exact) mass is 340 g/mol. The largest absolute Gasteiger partial charge is 0.496 e. The molecule has 1 heterocycles. The minimum atomic E-state index is -0.205. The van der Waals surface area contributed by atoms with Crippen LogP contribution in [0.5, 0.6) is 17.2 Å². The number of benzene rings is 2. The maximum atomic E-state index is 12.5. The van der Waals surface area contributed by atoms with Gasteiger partial charge in [-0.15, -0.1) is 0 Å². The number of methoxy groups -OCH3 is 3. The van der Waals surface area contributed by atoms with Gasteiger partial charge >= 0.3 is 0 Å². The lowest BCUT2D eigenvalue weighted by molar-refractivity contribution is 0.0946. The number of amides is 1. The molecule has 0 atom stereocenters. The van der Waals surface area contributed by atoms with Gasteiger partial charge in [0.05, 0.1) is 26.8 Å². The second-order valence-corrected chi connectivity index (χ2v) is 5.45. The molecule has 0 radical (unpaired) electrons. The predicted molar refractivity (Wildman–Crippen MR) is 95.6 cm³/mol. The van der Waals surface area contributed by atoms with E-state index in [1.54, 1.807) is 33.5 Å². The highest BCUT2D eigenvalue weighted by Gasteiger charge is 2.19. The maximum absolute atomic E-state index is 12.5. The molecule has 3 aromatic rings. The molecule has 0 bridgehead atoms. The molecular formula is C19H20N2O4. The highest BCUT2D eigenvalue weighted by molar-refractivity contribution is 6.02. The Hall–Kier alpha value is -3.15. The zero-order valence-electron chi connectivity index (χ0n) is 14.4. The van der Waals surface area contributed by atoms with Gasteiger partial charge in [0, 0.05) is 18.0 Å². The standard InChI is InChI=1S/C19H20N2O4/c1-23-15-10-16(24-2)18(25-3)17-13(15)9-14(21-17)19(22)20-11-12-7-5-4-6-8-12/h4-10,21H,11H2,1-3H3,(H,20,22). The zero-order chi connectivity index (χ0) is 17.8. The first-order valence-electron chi connectivity index (χ1n) is 7.81. The first-order valence-corrected chi connectivity index (χ1v) is 7.81. The molecule has 0 aliphatic rings. The number of carbonyl (C=O) groups is 1. The van der Waals surface area contributed by atoms with Crippen LogP contribution in [0.3, 0.4) is 0 Å². The lowest BCUT2D eigenvalue weighted by Gasteiger charge is -2.11. The number of nitrogens with one attached hydrogen (secondary N) is 2. The van der Waals surface area contributed by atoms with Gasteiger partial charge in [0.15, 0.2) is 11.5 Å². The maximum Gasteiger partial charge on any atom is 0.268 e. The molecule has 2 N–H and O–H groups in total. The van der Waals surface area contributed by atoms with Gasteiger partial charge in [-0.2, -0.15) is 0 Å². The molecule has 0 spiro atoms. The Kier molecular flexibility index (Phi) is 4.79. The smallest absolute Gasteiger partial charge is 0.268 e. The number of aromatic amines is 1. The topological polar surface area (TPSA) is 72.6 Å². The van der Waals surface area contributed by atoms with Crippen LogP contribution >= 0.6 is 0 Å². The molecule has 3 rings (SSSR count). The van der Waals surface area contributed by atoms with Crippen molar-refractivity contribution < 1.29 is 19.0 Å². The molecule has 25 heavy (non-hydrogen) atoms. The van der Waals surface area contributed by atoms with Crippen molar-refractivity contribution in [1.82, 2.24) is 10.3 Å². The van der Waals surface area contributed by atoms with Crippen molar-refractivity contribution in [3.05, 3.63) is 53.7 Å². The van der Waals surface area contributed by atoms with Gasteiger partial charge in [-0.05, 0) is 11.6 Å². The van der Waals surface area contributed by atoms with E-state index in [-0.39, 0.29) is 5.91 Å². The summed E-state index contributed by atoms with van der Waals surface area (Å²) < 4.78 is 16.2. The average molecular weight is 340 g/mol. The summed E-state index contributed by atoms with van der Waals surface area (Å²) in [5, 5.41) is 3.65. The fourth-order valence-corrected chi connectivity index (χ4v) is 2.73. The number of ether oxygens (including phenoxy) is 3. The number of aromatic nitrogens is 1. The second-order valence-electron chi connectivity index (χ2n) is 5.45. The zero-order valence-corrected chi connectivity index (χ0v) is 14.4. The first kappa shape index (κ1) is 16.7. The van der Waals surface area contributed by atoms with Gasteiger partial charge in [0.2, 0.25) is 0 Å². The summed E-state index contributed by atoms with van der Waals surface area (Å²) in [5.74, 6) is 1.46. The molecular weight excluding hydrogens is 320 g/mol. The molecule has 130 valence electrons. The third-order valence-corrected chi connectivity index (χ3v) is 3.98. The van der Waals surface area contributed by atoms with Crippen LogP contribution in [0, 0.1) is 0 Å². The van der Waals surface area contributed by atoms with Crippen LogP contribution in [0.15, 0.2) is 42.5 Å².